The number of carbonyl (C=O) groups excluding carboxylic acids is 6. The zero-order chi connectivity index (χ0) is 34.8. The summed E-state index contributed by atoms with van der Waals surface area (Å²) >= 11 is 0. The van der Waals surface area contributed by atoms with Gasteiger partial charge in [0.25, 0.3) is 5.91 Å². The van der Waals surface area contributed by atoms with Gasteiger partial charge in [0.15, 0.2) is 0 Å². The first-order valence-electron chi connectivity index (χ1n) is 15.1. The van der Waals surface area contributed by atoms with E-state index in [-0.39, 0.29) is 25.4 Å². The van der Waals surface area contributed by atoms with E-state index in [0.29, 0.717) is 0 Å². The van der Waals surface area contributed by atoms with E-state index in [2.05, 4.69) is 31.2 Å². The Bertz CT molecular complexity index is 1420. The van der Waals surface area contributed by atoms with E-state index in [1.807, 2.05) is 18.2 Å². The lowest BCUT2D eigenvalue weighted by Crippen LogP contribution is -2.58. The van der Waals surface area contributed by atoms with Crippen molar-refractivity contribution in [3.63, 3.8) is 0 Å². The Morgan fingerprint density at radius 3 is 2.26 bits per heavy atom. The molecule has 5 amide bonds. The number of ether oxygens (including phenoxy) is 2. The van der Waals surface area contributed by atoms with Crippen LogP contribution in [-0.4, -0.2) is 94.4 Å². The van der Waals surface area contributed by atoms with Gasteiger partial charge in [-0.15, -0.1) is 0 Å². The van der Waals surface area contributed by atoms with Crippen LogP contribution in [0.5, 0.6) is 0 Å². The number of hydrogen-bond donors (Lipinski definition) is 4. The minimum atomic E-state index is -1.08. The molecule has 3 atom stereocenters. The van der Waals surface area contributed by atoms with Crippen LogP contribution in [0.2, 0.25) is 0 Å². The average molecular weight is 654 g/mol. The fourth-order valence-corrected chi connectivity index (χ4v) is 4.62. The van der Waals surface area contributed by atoms with Crippen molar-refractivity contribution in [1.29, 1.82) is 0 Å². The number of amides is 5. The minimum Gasteiger partial charge on any atom is -0.460 e. The summed E-state index contributed by atoms with van der Waals surface area (Å²) in [4.78, 5) is 86.2. The molecule has 3 rings (SSSR count). The summed E-state index contributed by atoms with van der Waals surface area (Å²) in [5.41, 5.74) is -0.805. The normalized spacial score (nSPS) is 16.8. The highest BCUT2D eigenvalue weighted by atomic mass is 16.6. The number of benzene rings is 1. The van der Waals surface area contributed by atoms with Crippen LogP contribution in [0.25, 0.3) is 0 Å². The molecule has 1 aliphatic rings. The Kier molecular flexibility index (Phi) is 12.4. The molecule has 1 aromatic carbocycles. The lowest BCUT2D eigenvalue weighted by atomic mass is 9.85. The van der Waals surface area contributed by atoms with E-state index < -0.39 is 77.8 Å². The molecule has 1 fully saturated rings. The summed E-state index contributed by atoms with van der Waals surface area (Å²) in [5.74, 6) is -3.87. The molecule has 15 nitrogen and oxygen atoms in total. The maximum atomic E-state index is 13.6. The Morgan fingerprint density at radius 1 is 0.936 bits per heavy atom. The number of nitrogens with one attached hydrogen (secondary N) is 4. The van der Waals surface area contributed by atoms with Gasteiger partial charge < -0.3 is 35.6 Å². The summed E-state index contributed by atoms with van der Waals surface area (Å²) in [7, 11) is 0. The van der Waals surface area contributed by atoms with E-state index in [1.54, 1.807) is 53.7 Å². The number of carbonyl (C=O) groups is 6. The molecule has 254 valence electrons. The smallest absolute Gasteiger partial charge is 0.407 e. The topological polar surface area (TPSA) is 198 Å². The highest BCUT2D eigenvalue weighted by Gasteiger charge is 2.44. The second-order valence-electron chi connectivity index (χ2n) is 13.1. The van der Waals surface area contributed by atoms with Gasteiger partial charge in [0.1, 0.15) is 30.5 Å². The van der Waals surface area contributed by atoms with Crippen molar-refractivity contribution >= 4 is 35.7 Å². The fourth-order valence-electron chi connectivity index (χ4n) is 4.62. The van der Waals surface area contributed by atoms with Crippen LogP contribution in [0.4, 0.5) is 4.79 Å². The molecule has 1 aliphatic heterocycles. The Morgan fingerprint density at radius 2 is 1.64 bits per heavy atom. The lowest BCUT2D eigenvalue weighted by molar-refractivity contribution is -0.160. The zero-order valence-electron chi connectivity index (χ0n) is 27.5. The average Bonchev–Trinajstić information content (AvgIpc) is 3.43. The zero-order valence-corrected chi connectivity index (χ0v) is 27.5. The van der Waals surface area contributed by atoms with E-state index in [1.165, 1.54) is 23.5 Å². The van der Waals surface area contributed by atoms with Crippen molar-refractivity contribution in [2.75, 3.05) is 26.2 Å². The highest BCUT2D eigenvalue weighted by Crippen LogP contribution is 2.24. The van der Waals surface area contributed by atoms with Crippen LogP contribution >= 0.6 is 0 Å². The fraction of sp³-hybridized carbons (Fsp3) is 0.500. The van der Waals surface area contributed by atoms with Gasteiger partial charge in [0.05, 0.1) is 24.7 Å². The summed E-state index contributed by atoms with van der Waals surface area (Å²) in [6, 6.07) is 7.11. The van der Waals surface area contributed by atoms with Crippen molar-refractivity contribution in [2.24, 2.45) is 11.3 Å². The molecule has 47 heavy (non-hydrogen) atoms. The van der Waals surface area contributed by atoms with Gasteiger partial charge in [-0.05, 0) is 31.7 Å². The van der Waals surface area contributed by atoms with Crippen molar-refractivity contribution in [1.82, 2.24) is 36.1 Å². The van der Waals surface area contributed by atoms with Gasteiger partial charge in [-0.25, -0.2) is 9.78 Å². The number of nitrogens with zero attached hydrogens (tertiary/aromatic N) is 3. The number of hydrogen-bond acceptors (Lipinski definition) is 10. The van der Waals surface area contributed by atoms with Crippen LogP contribution in [0.1, 0.15) is 57.6 Å². The van der Waals surface area contributed by atoms with Crippen molar-refractivity contribution in [3.8, 4) is 0 Å². The van der Waals surface area contributed by atoms with E-state index in [4.69, 9.17) is 9.47 Å². The number of rotatable bonds is 11. The van der Waals surface area contributed by atoms with Gasteiger partial charge >= 0.3 is 12.1 Å². The third kappa shape index (κ3) is 11.7. The molecule has 4 N–H and O–H groups in total. The van der Waals surface area contributed by atoms with Crippen LogP contribution < -0.4 is 21.3 Å². The summed E-state index contributed by atoms with van der Waals surface area (Å²) in [6.45, 7) is 9.43. The van der Waals surface area contributed by atoms with Crippen molar-refractivity contribution in [3.05, 3.63) is 60.2 Å². The van der Waals surface area contributed by atoms with E-state index in [0.717, 1.165) is 5.56 Å². The van der Waals surface area contributed by atoms with Crippen LogP contribution in [0.15, 0.2) is 48.9 Å². The second-order valence-corrected chi connectivity index (χ2v) is 13.1. The molecule has 2 aromatic rings. The predicted octanol–water partition coefficient (Wildman–Crippen LogP) is 0.949. The molecule has 1 aromatic heterocycles. The first-order valence-corrected chi connectivity index (χ1v) is 15.1. The van der Waals surface area contributed by atoms with Crippen molar-refractivity contribution in [2.45, 2.75) is 65.8 Å². The van der Waals surface area contributed by atoms with Gasteiger partial charge in [-0.2, -0.15) is 0 Å². The summed E-state index contributed by atoms with van der Waals surface area (Å²) in [6.07, 6.45) is 3.22. The highest BCUT2D eigenvalue weighted by molar-refractivity contribution is 5.95. The molecule has 0 radical (unpaired) electrons. The van der Waals surface area contributed by atoms with Gasteiger partial charge in [-0.3, -0.25) is 29.0 Å². The summed E-state index contributed by atoms with van der Waals surface area (Å²) in [5, 5.41) is 10.3. The van der Waals surface area contributed by atoms with Gasteiger partial charge in [0.2, 0.25) is 17.7 Å². The molecule has 0 saturated carbocycles. The molecule has 2 heterocycles. The molecule has 1 saturated heterocycles. The Labute approximate surface area is 273 Å². The van der Waals surface area contributed by atoms with Gasteiger partial charge in [0, 0.05) is 25.5 Å². The van der Waals surface area contributed by atoms with E-state index >= 15 is 0 Å². The Balaban J connectivity index is 1.64. The third-order valence-corrected chi connectivity index (χ3v) is 6.95. The number of esters is 1. The predicted molar refractivity (Wildman–Crippen MR) is 168 cm³/mol. The molecular weight excluding hydrogens is 610 g/mol. The molecule has 0 bridgehead atoms. The standard InChI is InChI=1S/C32H43N7O8/c1-31(2,3)26(38-24(40)15-35-27(42)22-14-33-12-13-34-22)28(43)37-23-18-39(17-21(23)29(44)47-32(4,5)6)25(41)16-36-30(45)46-19-20-10-8-7-9-11-20/h7-14,21,23,26H,15-19H2,1-6H3,(H,35,42)(H,36,45)(H,37,43)(H,38,40)/t21-,23+,26?/m1/s1. The SMILES string of the molecule is CC(C)(C)OC(=O)[C@@H]1CN(C(=O)CNC(=O)OCc2ccccc2)C[C@@H]1NC(=O)C(NC(=O)CNC(=O)c1cnccn1)C(C)(C)C. The van der Waals surface area contributed by atoms with Crippen LogP contribution in [-0.2, 0) is 35.3 Å². The van der Waals surface area contributed by atoms with Crippen molar-refractivity contribution < 1.29 is 38.2 Å². The first kappa shape index (κ1) is 36.4. The van der Waals surface area contributed by atoms with Crippen LogP contribution in [0, 0.1) is 11.3 Å². The third-order valence-electron chi connectivity index (χ3n) is 6.95. The first-order chi connectivity index (χ1) is 22.0. The monoisotopic (exact) mass is 653 g/mol. The lowest BCUT2D eigenvalue weighted by Gasteiger charge is -2.32. The molecular formula is C32H43N7O8. The number of aromatic nitrogens is 2. The maximum absolute atomic E-state index is 13.6. The van der Waals surface area contributed by atoms with E-state index in [9.17, 15) is 28.8 Å². The summed E-state index contributed by atoms with van der Waals surface area (Å²) < 4.78 is 10.7. The Hall–Kier alpha value is -5.08. The molecule has 0 spiro atoms. The molecule has 1 unspecified atom stereocenters. The molecule has 15 heteroatoms. The maximum Gasteiger partial charge on any atom is 0.407 e. The number of likely N-dealkylation sites (tertiary alicyclic amines) is 1. The molecule has 0 aliphatic carbocycles. The van der Waals surface area contributed by atoms with Gasteiger partial charge in [-0.1, -0.05) is 51.1 Å². The minimum absolute atomic E-state index is 0.0261. The quantitative estimate of drug-likeness (QED) is 0.253. The van der Waals surface area contributed by atoms with Crippen LogP contribution in [0.3, 0.4) is 0 Å². The largest absolute Gasteiger partial charge is 0.460 e. The second kappa shape index (κ2) is 16.0. The number of alkyl carbamates (subject to hydrolysis) is 1.